The van der Waals surface area contributed by atoms with E-state index in [2.05, 4.69) is 16.2 Å². The highest BCUT2D eigenvalue weighted by Crippen LogP contribution is 2.40. The molecule has 2 aliphatic rings. The molecule has 1 saturated carbocycles. The highest BCUT2D eigenvalue weighted by molar-refractivity contribution is 6.06. The predicted molar refractivity (Wildman–Crippen MR) is 131 cm³/mol. The van der Waals surface area contributed by atoms with Crippen LogP contribution < -0.4 is 0 Å². The van der Waals surface area contributed by atoms with E-state index in [1.165, 1.54) is 31.5 Å². The Labute approximate surface area is 199 Å². The van der Waals surface area contributed by atoms with E-state index >= 15 is 0 Å². The van der Waals surface area contributed by atoms with Crippen LogP contribution in [0.1, 0.15) is 79.4 Å². The SMILES string of the molecule is C[C@@H](CC(=O)c1cc(C2=NOC3(CCCCC3)C2)cc(-c2ccccc2)c1)c1ccc(F)cn1. The second-order valence-electron chi connectivity index (χ2n) is 9.64. The molecule has 5 rings (SSSR count). The van der Waals surface area contributed by atoms with Crippen LogP contribution in [0.3, 0.4) is 0 Å². The van der Waals surface area contributed by atoms with Crippen molar-refractivity contribution in [3.63, 3.8) is 0 Å². The lowest BCUT2D eigenvalue weighted by atomic mass is 9.80. The van der Waals surface area contributed by atoms with Crippen LogP contribution in [0.15, 0.2) is 72.0 Å². The average Bonchev–Trinajstić information content (AvgIpc) is 3.28. The molecule has 2 heterocycles. The number of ketones is 1. The van der Waals surface area contributed by atoms with E-state index in [1.54, 1.807) is 6.07 Å². The number of benzene rings is 2. The molecule has 2 aromatic carbocycles. The van der Waals surface area contributed by atoms with Gasteiger partial charge in [-0.1, -0.05) is 48.8 Å². The van der Waals surface area contributed by atoms with Crippen molar-refractivity contribution >= 4 is 11.5 Å². The molecule has 1 fully saturated rings. The highest BCUT2D eigenvalue weighted by Gasteiger charge is 2.40. The third-order valence-electron chi connectivity index (χ3n) is 7.05. The summed E-state index contributed by atoms with van der Waals surface area (Å²) in [6.07, 6.45) is 7.95. The van der Waals surface area contributed by atoms with Gasteiger partial charge in [-0.15, -0.1) is 0 Å². The summed E-state index contributed by atoms with van der Waals surface area (Å²) in [7, 11) is 0. The molecule has 0 radical (unpaired) electrons. The second-order valence-corrected chi connectivity index (χ2v) is 9.64. The molecular weight excluding hydrogens is 427 g/mol. The van der Waals surface area contributed by atoms with Gasteiger partial charge in [0.2, 0.25) is 0 Å². The van der Waals surface area contributed by atoms with Crippen molar-refractivity contribution in [1.82, 2.24) is 4.98 Å². The number of aromatic nitrogens is 1. The Hall–Kier alpha value is -3.34. The fraction of sp³-hybridized carbons (Fsp3) is 0.345. The van der Waals surface area contributed by atoms with Gasteiger partial charge in [-0.2, -0.15) is 0 Å². The molecule has 1 aliphatic heterocycles. The summed E-state index contributed by atoms with van der Waals surface area (Å²) in [5, 5.41) is 4.49. The van der Waals surface area contributed by atoms with Gasteiger partial charge in [0.15, 0.2) is 5.78 Å². The molecule has 4 nitrogen and oxygen atoms in total. The Balaban J connectivity index is 1.44. The Morgan fingerprint density at radius 3 is 2.50 bits per heavy atom. The summed E-state index contributed by atoms with van der Waals surface area (Å²) < 4.78 is 13.3. The van der Waals surface area contributed by atoms with Crippen LogP contribution in [-0.4, -0.2) is 22.1 Å². The van der Waals surface area contributed by atoms with Crippen molar-refractivity contribution in [2.24, 2.45) is 5.16 Å². The molecule has 0 amide bonds. The number of oxime groups is 1. The van der Waals surface area contributed by atoms with Gasteiger partial charge in [0.05, 0.1) is 11.9 Å². The zero-order valence-corrected chi connectivity index (χ0v) is 19.5. The van der Waals surface area contributed by atoms with Crippen LogP contribution in [0.4, 0.5) is 4.39 Å². The fourth-order valence-corrected chi connectivity index (χ4v) is 5.07. The maximum atomic E-state index is 13.4. The Morgan fingerprint density at radius 1 is 1.00 bits per heavy atom. The number of carbonyl (C=O) groups is 1. The lowest BCUT2D eigenvalue weighted by Gasteiger charge is -2.30. The average molecular weight is 457 g/mol. The molecule has 34 heavy (non-hydrogen) atoms. The molecular formula is C29H29FN2O2. The predicted octanol–water partition coefficient (Wildman–Crippen LogP) is 7.09. The molecule has 0 unspecified atom stereocenters. The van der Waals surface area contributed by atoms with E-state index < -0.39 is 0 Å². The first-order chi connectivity index (χ1) is 16.5. The summed E-state index contributed by atoms with van der Waals surface area (Å²) in [5.74, 6) is -0.461. The van der Waals surface area contributed by atoms with Gasteiger partial charge in [-0.25, -0.2) is 4.39 Å². The summed E-state index contributed by atoms with van der Waals surface area (Å²) >= 11 is 0. The molecule has 0 bridgehead atoms. The molecule has 1 spiro atoms. The molecule has 0 saturated heterocycles. The molecule has 5 heteroatoms. The topological polar surface area (TPSA) is 51.5 Å². The van der Waals surface area contributed by atoms with Gasteiger partial charge in [0.25, 0.3) is 0 Å². The van der Waals surface area contributed by atoms with Crippen molar-refractivity contribution in [2.75, 3.05) is 0 Å². The van der Waals surface area contributed by atoms with Gasteiger partial charge in [-0.3, -0.25) is 9.78 Å². The Morgan fingerprint density at radius 2 is 1.76 bits per heavy atom. The van der Waals surface area contributed by atoms with E-state index in [1.807, 2.05) is 49.4 Å². The van der Waals surface area contributed by atoms with E-state index in [4.69, 9.17) is 4.84 Å². The van der Waals surface area contributed by atoms with Crippen LogP contribution >= 0.6 is 0 Å². The number of nitrogens with zero attached hydrogens (tertiary/aromatic N) is 2. The Bertz CT molecular complexity index is 1200. The molecule has 1 atom stereocenters. The summed E-state index contributed by atoms with van der Waals surface area (Å²) in [6.45, 7) is 1.95. The van der Waals surface area contributed by atoms with Crippen molar-refractivity contribution in [1.29, 1.82) is 0 Å². The first-order valence-corrected chi connectivity index (χ1v) is 12.1. The Kier molecular flexibility index (Phi) is 6.27. The number of Topliss-reactive ketones (excluding diaryl/α,β-unsaturated/α-hetero) is 1. The highest BCUT2D eigenvalue weighted by atomic mass is 19.1. The monoisotopic (exact) mass is 456 g/mol. The van der Waals surface area contributed by atoms with Crippen molar-refractivity contribution < 1.29 is 14.0 Å². The third-order valence-corrected chi connectivity index (χ3v) is 7.05. The van der Waals surface area contributed by atoms with Gasteiger partial charge in [-0.05, 0) is 67.1 Å². The molecule has 0 N–H and O–H groups in total. The first kappa shape index (κ1) is 22.5. The molecule has 3 aromatic rings. The normalized spacial score (nSPS) is 17.8. The number of hydrogen-bond donors (Lipinski definition) is 0. The van der Waals surface area contributed by atoms with Gasteiger partial charge in [0.1, 0.15) is 11.4 Å². The largest absolute Gasteiger partial charge is 0.389 e. The minimum absolute atomic E-state index is 0.0320. The fourth-order valence-electron chi connectivity index (χ4n) is 5.07. The summed E-state index contributed by atoms with van der Waals surface area (Å²) in [5.41, 5.74) is 5.09. The van der Waals surface area contributed by atoms with Crippen LogP contribution in [0.25, 0.3) is 11.1 Å². The van der Waals surface area contributed by atoms with Gasteiger partial charge >= 0.3 is 0 Å². The number of halogens is 1. The number of carbonyl (C=O) groups excluding carboxylic acids is 1. The van der Waals surface area contributed by atoms with Crippen molar-refractivity contribution in [3.8, 4) is 11.1 Å². The molecule has 1 aliphatic carbocycles. The molecule has 1 aromatic heterocycles. The molecule has 174 valence electrons. The number of pyridine rings is 1. The van der Waals surface area contributed by atoms with Gasteiger partial charge < -0.3 is 4.84 Å². The zero-order chi connectivity index (χ0) is 23.5. The van der Waals surface area contributed by atoms with Crippen LogP contribution in [0.2, 0.25) is 0 Å². The van der Waals surface area contributed by atoms with Crippen molar-refractivity contribution in [2.45, 2.75) is 63.4 Å². The summed E-state index contributed by atoms with van der Waals surface area (Å²) in [6, 6.07) is 19.1. The van der Waals surface area contributed by atoms with Crippen LogP contribution in [0.5, 0.6) is 0 Å². The van der Waals surface area contributed by atoms with E-state index in [0.29, 0.717) is 17.7 Å². The quantitative estimate of drug-likeness (QED) is 0.372. The lowest BCUT2D eigenvalue weighted by Crippen LogP contribution is -2.31. The maximum Gasteiger partial charge on any atom is 0.163 e. The third kappa shape index (κ3) is 4.79. The van der Waals surface area contributed by atoms with Crippen molar-refractivity contribution in [3.05, 3.63) is 89.5 Å². The lowest BCUT2D eigenvalue weighted by molar-refractivity contribution is -0.0449. The minimum atomic E-state index is -0.377. The van der Waals surface area contributed by atoms with Gasteiger partial charge in [0, 0.05) is 35.6 Å². The number of hydrogen-bond acceptors (Lipinski definition) is 4. The van der Waals surface area contributed by atoms with E-state index in [9.17, 15) is 9.18 Å². The summed E-state index contributed by atoms with van der Waals surface area (Å²) in [4.78, 5) is 23.5. The zero-order valence-electron chi connectivity index (χ0n) is 19.5. The van der Waals surface area contributed by atoms with Crippen LogP contribution in [0, 0.1) is 5.82 Å². The van der Waals surface area contributed by atoms with Crippen LogP contribution in [-0.2, 0) is 4.84 Å². The maximum absolute atomic E-state index is 13.4. The number of rotatable bonds is 6. The standard InChI is InChI=1S/C29H29FN2O2/c1-20(26-11-10-25(30)19-31-26)14-28(33)24-16-22(21-8-4-2-5-9-21)15-23(17-24)27-18-29(34-32-27)12-6-3-7-13-29/h2,4-5,8-11,15-17,19-20H,3,6-7,12-14,18H2,1H3/t20-/m0/s1. The van der Waals surface area contributed by atoms with E-state index in [0.717, 1.165) is 41.7 Å². The van der Waals surface area contributed by atoms with E-state index in [-0.39, 0.29) is 23.1 Å². The smallest absolute Gasteiger partial charge is 0.163 e. The first-order valence-electron chi connectivity index (χ1n) is 12.1. The second kappa shape index (κ2) is 9.49. The minimum Gasteiger partial charge on any atom is -0.389 e.